The van der Waals surface area contributed by atoms with E-state index in [-0.39, 0.29) is 16.5 Å². The van der Waals surface area contributed by atoms with Gasteiger partial charge in [-0.3, -0.25) is 0 Å². The molecule has 0 spiro atoms. The smallest absolute Gasteiger partial charge is 0.416 e. The van der Waals surface area contributed by atoms with Crippen LogP contribution in [0, 0.1) is 0 Å². The van der Waals surface area contributed by atoms with Crippen molar-refractivity contribution in [1.29, 1.82) is 0 Å². The Morgan fingerprint density at radius 3 is 2.60 bits per heavy atom. The Kier molecular flexibility index (Phi) is 5.53. The van der Waals surface area contributed by atoms with Gasteiger partial charge in [0.15, 0.2) is 0 Å². The average molecular weight is 372 g/mol. The van der Waals surface area contributed by atoms with Crippen molar-refractivity contribution in [2.75, 3.05) is 12.4 Å². The van der Waals surface area contributed by atoms with E-state index in [1.165, 1.54) is 19.3 Å². The highest BCUT2D eigenvalue weighted by Crippen LogP contribution is 2.33. The quantitative estimate of drug-likeness (QED) is 0.613. The van der Waals surface area contributed by atoms with Crippen molar-refractivity contribution in [2.45, 2.75) is 6.18 Å². The molecule has 0 aliphatic rings. The van der Waals surface area contributed by atoms with E-state index < -0.39 is 17.8 Å². The molecule has 5 nitrogen and oxygen atoms in total. The second kappa shape index (κ2) is 7.43. The maximum absolute atomic E-state index is 12.7. The number of nitrogens with one attached hydrogen (secondary N) is 1. The maximum atomic E-state index is 12.7. The summed E-state index contributed by atoms with van der Waals surface area (Å²) in [6.45, 7) is 0. The number of carbonyl (C=O) groups is 1. The van der Waals surface area contributed by atoms with Crippen LogP contribution < -0.4 is 5.32 Å². The molecule has 0 atom stereocenters. The summed E-state index contributed by atoms with van der Waals surface area (Å²) in [5, 5.41) is 16.5. The van der Waals surface area contributed by atoms with Crippen molar-refractivity contribution in [3.63, 3.8) is 0 Å². The minimum absolute atomic E-state index is 0.0269. The summed E-state index contributed by atoms with van der Waals surface area (Å²) in [4.78, 5) is 12.0. The van der Waals surface area contributed by atoms with Gasteiger partial charge in [0, 0.05) is 12.6 Å². The minimum atomic E-state index is -4.56. The molecule has 2 amide bonds. The summed E-state index contributed by atoms with van der Waals surface area (Å²) < 4.78 is 38.2. The molecule has 0 saturated carbocycles. The number of benzene rings is 2. The van der Waals surface area contributed by atoms with E-state index >= 15 is 0 Å². The number of para-hydroxylation sites is 1. The number of amides is 2. The fourth-order valence-corrected chi connectivity index (χ4v) is 1.96. The van der Waals surface area contributed by atoms with Gasteiger partial charge in [0.1, 0.15) is 5.75 Å². The Labute approximate surface area is 146 Å². The molecule has 132 valence electrons. The number of hydrogen-bond acceptors (Lipinski definition) is 3. The first kappa shape index (κ1) is 18.6. The van der Waals surface area contributed by atoms with Crippen molar-refractivity contribution in [3.05, 3.63) is 58.6 Å². The molecular weight excluding hydrogens is 359 g/mol. The Morgan fingerprint density at radius 2 is 1.96 bits per heavy atom. The Hall–Kier alpha value is -2.74. The van der Waals surface area contributed by atoms with Crippen LogP contribution in [0.4, 0.5) is 23.7 Å². The van der Waals surface area contributed by atoms with Gasteiger partial charge in [-0.25, -0.2) is 9.80 Å². The lowest BCUT2D eigenvalue weighted by atomic mass is 10.2. The van der Waals surface area contributed by atoms with Crippen LogP contribution in [0.25, 0.3) is 0 Å². The van der Waals surface area contributed by atoms with Crippen LogP contribution in [0.5, 0.6) is 5.75 Å². The van der Waals surface area contributed by atoms with Crippen molar-refractivity contribution >= 4 is 29.5 Å². The highest BCUT2D eigenvalue weighted by molar-refractivity contribution is 6.33. The number of rotatable bonds is 3. The maximum Gasteiger partial charge on any atom is 0.416 e. The van der Waals surface area contributed by atoms with Crippen LogP contribution in [0.3, 0.4) is 0 Å². The van der Waals surface area contributed by atoms with Crippen molar-refractivity contribution in [1.82, 2.24) is 5.01 Å². The van der Waals surface area contributed by atoms with Gasteiger partial charge in [0.05, 0.1) is 22.5 Å². The minimum Gasteiger partial charge on any atom is -0.507 e. The predicted molar refractivity (Wildman–Crippen MR) is 88.9 cm³/mol. The number of anilines is 1. The first-order valence-electron chi connectivity index (χ1n) is 6.92. The van der Waals surface area contributed by atoms with Gasteiger partial charge in [-0.2, -0.15) is 18.3 Å². The lowest BCUT2D eigenvalue weighted by molar-refractivity contribution is -0.137. The van der Waals surface area contributed by atoms with Crippen molar-refractivity contribution in [2.24, 2.45) is 5.10 Å². The van der Waals surface area contributed by atoms with Crippen molar-refractivity contribution < 1.29 is 23.1 Å². The largest absolute Gasteiger partial charge is 0.507 e. The molecule has 0 aliphatic heterocycles. The summed E-state index contributed by atoms with van der Waals surface area (Å²) in [6, 6.07) is 8.12. The molecule has 25 heavy (non-hydrogen) atoms. The van der Waals surface area contributed by atoms with Crippen LogP contribution in [0.1, 0.15) is 11.1 Å². The van der Waals surface area contributed by atoms with Crippen LogP contribution in [-0.4, -0.2) is 29.4 Å². The number of alkyl halides is 3. The number of phenols is 1. The topological polar surface area (TPSA) is 64.9 Å². The van der Waals surface area contributed by atoms with Crippen LogP contribution in [0.2, 0.25) is 5.02 Å². The summed E-state index contributed by atoms with van der Waals surface area (Å²) >= 11 is 5.82. The molecule has 2 N–H and O–H groups in total. The molecule has 0 bridgehead atoms. The van der Waals surface area contributed by atoms with Gasteiger partial charge in [0.2, 0.25) is 0 Å². The van der Waals surface area contributed by atoms with Crippen molar-refractivity contribution in [3.8, 4) is 5.75 Å². The Balaban J connectivity index is 2.13. The normalized spacial score (nSPS) is 11.6. The van der Waals surface area contributed by atoms with Gasteiger partial charge in [-0.05, 0) is 30.3 Å². The molecule has 0 saturated heterocycles. The third-order valence-corrected chi connectivity index (χ3v) is 3.47. The van der Waals surface area contributed by atoms with E-state index in [2.05, 4.69) is 10.4 Å². The standard InChI is InChI=1S/C16H13ClF3N3O2/c1-23(21-9-10-4-2-3-5-14(10)24)15(25)22-13-8-11(16(18,19)20)6-7-12(13)17/h2-9,24H,1H3,(H,22,25). The van der Waals surface area contributed by atoms with Gasteiger partial charge < -0.3 is 10.4 Å². The number of halogens is 4. The van der Waals surface area contributed by atoms with Gasteiger partial charge in [-0.15, -0.1) is 0 Å². The third-order valence-electron chi connectivity index (χ3n) is 3.14. The van der Waals surface area contributed by atoms with Gasteiger partial charge >= 0.3 is 12.2 Å². The Morgan fingerprint density at radius 1 is 1.28 bits per heavy atom. The molecular formula is C16H13ClF3N3O2. The van der Waals surface area contributed by atoms with E-state index in [9.17, 15) is 23.1 Å². The number of hydrogen-bond donors (Lipinski definition) is 2. The molecule has 2 rings (SSSR count). The number of aromatic hydroxyl groups is 1. The summed E-state index contributed by atoms with van der Waals surface area (Å²) in [7, 11) is 1.30. The number of hydrazone groups is 1. The molecule has 0 radical (unpaired) electrons. The molecule has 0 aromatic heterocycles. The zero-order chi connectivity index (χ0) is 18.6. The molecule has 0 unspecified atom stereocenters. The Bertz CT molecular complexity index is 809. The molecule has 2 aromatic rings. The van der Waals surface area contributed by atoms with E-state index in [0.29, 0.717) is 5.56 Å². The van der Waals surface area contributed by atoms with Crippen LogP contribution in [0.15, 0.2) is 47.6 Å². The molecule has 2 aromatic carbocycles. The van der Waals surface area contributed by atoms with E-state index in [4.69, 9.17) is 11.6 Å². The monoisotopic (exact) mass is 371 g/mol. The first-order chi connectivity index (χ1) is 11.7. The second-order valence-corrected chi connectivity index (χ2v) is 5.36. The fourth-order valence-electron chi connectivity index (χ4n) is 1.79. The van der Waals surface area contributed by atoms with Crippen LogP contribution >= 0.6 is 11.6 Å². The highest BCUT2D eigenvalue weighted by Gasteiger charge is 2.31. The third kappa shape index (κ3) is 4.87. The fraction of sp³-hybridized carbons (Fsp3) is 0.125. The van der Waals surface area contributed by atoms with E-state index in [1.807, 2.05) is 0 Å². The lowest BCUT2D eigenvalue weighted by Gasteiger charge is -2.15. The predicted octanol–water partition coefficient (Wildman–Crippen LogP) is 4.56. The SMILES string of the molecule is CN(N=Cc1ccccc1O)C(=O)Nc1cc(C(F)(F)F)ccc1Cl. The lowest BCUT2D eigenvalue weighted by Crippen LogP contribution is -2.27. The zero-order valence-corrected chi connectivity index (χ0v) is 13.6. The average Bonchev–Trinajstić information content (AvgIpc) is 2.54. The number of nitrogens with zero attached hydrogens (tertiary/aromatic N) is 2. The second-order valence-electron chi connectivity index (χ2n) is 4.95. The zero-order valence-electron chi connectivity index (χ0n) is 12.9. The number of urea groups is 1. The first-order valence-corrected chi connectivity index (χ1v) is 7.29. The van der Waals surface area contributed by atoms with Gasteiger partial charge in [0.25, 0.3) is 0 Å². The summed E-state index contributed by atoms with van der Waals surface area (Å²) in [5.41, 5.74) is -0.752. The van der Waals surface area contributed by atoms with Gasteiger partial charge in [-0.1, -0.05) is 23.7 Å². The summed E-state index contributed by atoms with van der Waals surface area (Å²) in [5.74, 6) is -0.0269. The summed E-state index contributed by atoms with van der Waals surface area (Å²) in [6.07, 6.45) is -3.32. The molecule has 0 fully saturated rings. The molecule has 0 aliphatic carbocycles. The number of phenolic OH excluding ortho intramolecular Hbond substituents is 1. The number of carbonyl (C=O) groups excluding carboxylic acids is 1. The molecule has 9 heteroatoms. The van der Waals surface area contributed by atoms with Crippen LogP contribution in [-0.2, 0) is 6.18 Å². The molecule has 0 heterocycles. The van der Waals surface area contributed by atoms with E-state index in [1.54, 1.807) is 18.2 Å². The highest BCUT2D eigenvalue weighted by atomic mass is 35.5. The van der Waals surface area contributed by atoms with E-state index in [0.717, 1.165) is 23.2 Å².